The van der Waals surface area contributed by atoms with Gasteiger partial charge in [0.25, 0.3) is 0 Å². The van der Waals surface area contributed by atoms with Crippen LogP contribution in [0.15, 0.2) is 24.3 Å². The molecule has 0 aliphatic rings. The van der Waals surface area contributed by atoms with E-state index in [1.165, 1.54) is 16.7 Å². The molecule has 14 heteroatoms. The minimum atomic E-state index is -1.87. The smallest absolute Gasteiger partial charge is 0.188 e. The van der Waals surface area contributed by atoms with Crippen molar-refractivity contribution >= 4 is 16.9 Å². The highest BCUT2D eigenvalue weighted by atomic mass is 32.2. The number of ether oxygens (including phenoxy) is 1. The van der Waals surface area contributed by atoms with E-state index in [0.29, 0.717) is 17.9 Å². The number of hydrogen-bond acceptors (Lipinski definition) is 14. The van der Waals surface area contributed by atoms with Crippen molar-refractivity contribution in [2.24, 2.45) is 0 Å². The van der Waals surface area contributed by atoms with Crippen LogP contribution in [0.3, 0.4) is 0 Å². The van der Waals surface area contributed by atoms with E-state index in [0.717, 1.165) is 5.56 Å². The van der Waals surface area contributed by atoms with Crippen LogP contribution in [-0.4, -0.2) is 149 Å². The molecule has 0 spiro atoms. The van der Waals surface area contributed by atoms with Gasteiger partial charge in [0.15, 0.2) is 5.12 Å². The maximum absolute atomic E-state index is 11.5. The average molecular weight is 568 g/mol. The summed E-state index contributed by atoms with van der Waals surface area (Å²) in [5, 5.41) is 97.9. The van der Waals surface area contributed by atoms with E-state index in [4.69, 9.17) is 14.9 Å². The molecule has 0 saturated heterocycles. The molecule has 13 nitrogen and oxygen atoms in total. The molecule has 0 radical (unpaired) electrons. The van der Waals surface area contributed by atoms with Gasteiger partial charge in [-0.3, -0.25) is 9.69 Å². The summed E-state index contributed by atoms with van der Waals surface area (Å²) < 4.78 is 5.73. The number of thioether (sulfide) groups is 1. The summed E-state index contributed by atoms with van der Waals surface area (Å²) in [4.78, 5) is 12.9. The molecule has 1 rings (SSSR count). The number of aliphatic hydroxyl groups excluding tert-OH is 10. The van der Waals surface area contributed by atoms with Gasteiger partial charge in [0.05, 0.1) is 25.4 Å². The Morgan fingerprint density at radius 3 is 1.82 bits per heavy atom. The first-order valence-electron chi connectivity index (χ1n) is 12.2. The van der Waals surface area contributed by atoms with E-state index in [1.807, 2.05) is 6.07 Å². The van der Waals surface area contributed by atoms with Crippen LogP contribution in [0.1, 0.15) is 18.9 Å². The summed E-state index contributed by atoms with van der Waals surface area (Å²) >= 11 is 1.18. The van der Waals surface area contributed by atoms with Crippen LogP contribution in [0.4, 0.5) is 0 Å². The number of benzene rings is 1. The Bertz CT molecular complexity index is 775. The number of hydrogen-bond donors (Lipinski definition) is 10. The fraction of sp³-hybridized carbons (Fsp3) is 0.708. The third kappa shape index (κ3) is 11.8. The topological polar surface area (TPSA) is 232 Å². The first-order chi connectivity index (χ1) is 17.9. The lowest BCUT2D eigenvalue weighted by Crippen LogP contribution is -2.53. The predicted octanol–water partition coefficient (Wildman–Crippen LogP) is -3.59. The van der Waals surface area contributed by atoms with Crippen LogP contribution in [0.2, 0.25) is 0 Å². The van der Waals surface area contributed by atoms with Crippen LogP contribution >= 0.6 is 11.8 Å². The van der Waals surface area contributed by atoms with Crippen molar-refractivity contribution in [3.8, 4) is 5.75 Å². The highest BCUT2D eigenvalue weighted by Crippen LogP contribution is 2.19. The normalized spacial score (nSPS) is 18.3. The molecule has 0 aromatic heterocycles. The summed E-state index contributed by atoms with van der Waals surface area (Å²) in [6, 6.07) is 7.03. The van der Waals surface area contributed by atoms with E-state index in [2.05, 4.69) is 0 Å². The summed E-state index contributed by atoms with van der Waals surface area (Å²) in [7, 11) is 0. The summed E-state index contributed by atoms with van der Waals surface area (Å²) in [5.41, 5.74) is 0.858. The molecule has 0 aliphatic heterocycles. The molecule has 0 unspecified atom stereocenters. The highest BCUT2D eigenvalue weighted by molar-refractivity contribution is 8.12. The van der Waals surface area contributed by atoms with E-state index >= 15 is 0 Å². The van der Waals surface area contributed by atoms with Crippen LogP contribution in [0.5, 0.6) is 5.75 Å². The Labute approximate surface area is 225 Å². The van der Waals surface area contributed by atoms with Gasteiger partial charge in [-0.25, -0.2) is 0 Å². The monoisotopic (exact) mass is 567 g/mol. The fourth-order valence-electron chi connectivity index (χ4n) is 3.41. The Kier molecular flexibility index (Phi) is 16.4. The molecule has 1 aromatic carbocycles. The van der Waals surface area contributed by atoms with Gasteiger partial charge in [0.2, 0.25) is 0 Å². The van der Waals surface area contributed by atoms with E-state index < -0.39 is 75.1 Å². The summed E-state index contributed by atoms with van der Waals surface area (Å²) in [6.07, 6.45) is -13.8. The minimum absolute atomic E-state index is 0.000244. The van der Waals surface area contributed by atoms with E-state index in [1.54, 1.807) is 25.1 Å². The maximum Gasteiger partial charge on any atom is 0.188 e. The van der Waals surface area contributed by atoms with E-state index in [9.17, 15) is 45.6 Å². The molecule has 8 atom stereocenters. The van der Waals surface area contributed by atoms with Crippen molar-refractivity contribution in [3.05, 3.63) is 29.8 Å². The standard InChI is InChI=1S/C24H41NO12S/c1-2-20(32)38-13-14-4-3-5-15(8-14)37-7-6-25(9-16(28)21(33)23(35)18(30)11-26)10-17(29)22(34)24(36)19(31)12-27/h3-5,8,16-19,21-24,26-31,33-36H,2,6-7,9-13H2,1H3/t16-,17-,18-,19-,21-,22-,23-,24-/m1/s1. The third-order valence-corrected chi connectivity index (χ3v) is 6.89. The molecular formula is C24H41NO12S. The van der Waals surface area contributed by atoms with Gasteiger partial charge in [-0.2, -0.15) is 0 Å². The van der Waals surface area contributed by atoms with Crippen LogP contribution in [0.25, 0.3) is 0 Å². The van der Waals surface area contributed by atoms with Gasteiger partial charge >= 0.3 is 0 Å². The van der Waals surface area contributed by atoms with Crippen LogP contribution < -0.4 is 4.74 Å². The molecule has 10 N–H and O–H groups in total. The second-order valence-electron chi connectivity index (χ2n) is 8.87. The molecule has 0 fully saturated rings. The highest BCUT2D eigenvalue weighted by Gasteiger charge is 2.34. The SMILES string of the molecule is CCC(=O)SCc1cccc(OCCN(C[C@@H](O)[C@@H](O)[C@H](O)[C@H](O)CO)C[C@@H](O)[C@@H](O)[C@H](O)[C@H](O)CO)c1. The summed E-state index contributed by atoms with van der Waals surface area (Å²) in [6.45, 7) is -0.712. The van der Waals surface area contributed by atoms with Gasteiger partial charge in [-0.15, -0.1) is 0 Å². The first-order valence-corrected chi connectivity index (χ1v) is 13.2. The van der Waals surface area contributed by atoms with Gasteiger partial charge < -0.3 is 55.8 Å². The minimum Gasteiger partial charge on any atom is -0.492 e. The zero-order valence-corrected chi connectivity index (χ0v) is 22.0. The molecule has 38 heavy (non-hydrogen) atoms. The van der Waals surface area contributed by atoms with Gasteiger partial charge in [-0.05, 0) is 17.7 Å². The lowest BCUT2D eigenvalue weighted by Gasteiger charge is -2.33. The molecule has 220 valence electrons. The van der Waals surface area contributed by atoms with Crippen LogP contribution in [-0.2, 0) is 10.5 Å². The van der Waals surface area contributed by atoms with Gasteiger partial charge in [0, 0.05) is 31.8 Å². The zero-order chi connectivity index (χ0) is 28.8. The molecular weight excluding hydrogens is 526 g/mol. The Hall–Kier alpha value is -1.40. The van der Waals surface area contributed by atoms with Crippen molar-refractivity contribution < 1.29 is 60.6 Å². The molecule has 0 amide bonds. The van der Waals surface area contributed by atoms with Gasteiger partial charge in [-0.1, -0.05) is 30.8 Å². The van der Waals surface area contributed by atoms with Crippen molar-refractivity contribution in [1.82, 2.24) is 4.90 Å². The number of aliphatic hydroxyl groups is 10. The largest absolute Gasteiger partial charge is 0.492 e. The fourth-order valence-corrected chi connectivity index (χ4v) is 4.12. The average Bonchev–Trinajstić information content (AvgIpc) is 2.93. The molecule has 0 bridgehead atoms. The number of carbonyl (C=O) groups is 1. The van der Waals surface area contributed by atoms with Crippen LogP contribution in [0, 0.1) is 0 Å². The lowest BCUT2D eigenvalue weighted by atomic mass is 10.0. The lowest BCUT2D eigenvalue weighted by molar-refractivity contribution is -0.130. The van der Waals surface area contributed by atoms with Crippen molar-refractivity contribution in [1.29, 1.82) is 0 Å². The van der Waals surface area contributed by atoms with Crippen molar-refractivity contribution in [2.45, 2.75) is 67.9 Å². The second-order valence-corrected chi connectivity index (χ2v) is 9.90. The number of nitrogens with zero attached hydrogens (tertiary/aromatic N) is 1. The van der Waals surface area contributed by atoms with E-state index in [-0.39, 0.29) is 18.3 Å². The van der Waals surface area contributed by atoms with Gasteiger partial charge in [0.1, 0.15) is 49.0 Å². The van der Waals surface area contributed by atoms with Crippen molar-refractivity contribution in [2.75, 3.05) is 39.5 Å². The number of carbonyl (C=O) groups excluding carboxylic acids is 1. The van der Waals surface area contributed by atoms with Crippen molar-refractivity contribution in [3.63, 3.8) is 0 Å². The molecule has 0 aliphatic carbocycles. The molecule has 1 aromatic rings. The quantitative estimate of drug-likeness (QED) is 0.0779. The molecule has 0 heterocycles. The Morgan fingerprint density at radius 1 is 0.842 bits per heavy atom. The molecule has 0 saturated carbocycles. The summed E-state index contributed by atoms with van der Waals surface area (Å²) in [5.74, 6) is 0.949. The first kappa shape index (κ1) is 34.6. The second kappa shape index (κ2) is 18.0. The Balaban J connectivity index is 2.87. The Morgan fingerprint density at radius 2 is 1.34 bits per heavy atom. The predicted molar refractivity (Wildman–Crippen MR) is 137 cm³/mol. The maximum atomic E-state index is 11.5. The number of rotatable bonds is 19. The zero-order valence-electron chi connectivity index (χ0n) is 21.2. The third-order valence-electron chi connectivity index (χ3n) is 5.80.